The van der Waals surface area contributed by atoms with E-state index >= 15 is 0 Å². The Kier molecular flexibility index (Phi) is 16.2. The van der Waals surface area contributed by atoms with E-state index in [4.69, 9.17) is 4.74 Å². The van der Waals surface area contributed by atoms with Crippen molar-refractivity contribution < 1.29 is 47.9 Å². The van der Waals surface area contributed by atoms with Gasteiger partial charge in [-0.3, -0.25) is 53.0 Å². The third kappa shape index (κ3) is 12.2. The summed E-state index contributed by atoms with van der Waals surface area (Å²) in [6, 6.07) is -3.41. The van der Waals surface area contributed by atoms with Gasteiger partial charge in [0.1, 0.15) is 12.1 Å². The molecule has 2 heterocycles. The number of likely N-dealkylation sites (N-methyl/N-ethyl adjacent to an activating group) is 2. The van der Waals surface area contributed by atoms with Crippen LogP contribution in [0.1, 0.15) is 59.8 Å². The Morgan fingerprint density at radius 1 is 0.755 bits per heavy atom. The molecule has 6 unspecified atom stereocenters. The number of likely N-dealkylation sites (tertiary alicyclic amines) is 2. The van der Waals surface area contributed by atoms with Crippen LogP contribution in [0.5, 0.6) is 0 Å². The highest BCUT2D eigenvalue weighted by atomic mass is 16.5. The van der Waals surface area contributed by atoms with E-state index in [-0.39, 0.29) is 70.2 Å². The van der Waals surface area contributed by atoms with Crippen molar-refractivity contribution >= 4 is 53.2 Å². The number of nitrogens with zero attached hydrogens (tertiary/aromatic N) is 2. The van der Waals surface area contributed by atoms with E-state index in [0.717, 1.165) is 9.80 Å². The summed E-state index contributed by atoms with van der Waals surface area (Å²) in [5.41, 5.74) is 0. The van der Waals surface area contributed by atoms with Gasteiger partial charge in [-0.1, -0.05) is 0 Å². The lowest BCUT2D eigenvalue weighted by Gasteiger charge is -2.25. The Bertz CT molecular complexity index is 1280. The van der Waals surface area contributed by atoms with Crippen LogP contribution in [0.3, 0.4) is 0 Å². The van der Waals surface area contributed by atoms with E-state index in [1.54, 1.807) is 14.0 Å². The Labute approximate surface area is 284 Å². The fourth-order valence-electron chi connectivity index (χ4n) is 5.26. The molecule has 2 rings (SSSR count). The van der Waals surface area contributed by atoms with Crippen molar-refractivity contribution in [3.8, 4) is 0 Å². The molecule has 2 aliphatic rings. The number of carbonyl (C=O) groups is 9. The molecule has 274 valence electrons. The first-order valence-electron chi connectivity index (χ1n) is 16.2. The van der Waals surface area contributed by atoms with Crippen LogP contribution < -0.4 is 37.2 Å². The normalized spacial score (nSPS) is 20.0. The van der Waals surface area contributed by atoms with Crippen LogP contribution >= 0.6 is 0 Å². The summed E-state index contributed by atoms with van der Waals surface area (Å²) in [5, 5.41) is 18.4. The standard InChI is InChI=1S/C30H49N9O10/c1-7-49-17(3)28(46)37-19(12-23(41)34-10-9-33-22(40)8-11-38-25(43)14-20(31-5)29(38)47)13-24(42)35-18(4)36-27(45)16(2)39-26(44)15-21(32-6)30(39)48/h16-21,31-32H,7-15H2,1-6H3,(H,33,40)(H,34,41)(H,35,42)(H,36,45)(H,37,46). The molecule has 49 heavy (non-hydrogen) atoms. The number of amides is 9. The molecule has 0 aromatic carbocycles. The molecule has 0 saturated carbocycles. The minimum absolute atomic E-state index is 0.0223. The predicted octanol–water partition coefficient (Wildman–Crippen LogP) is -4.04. The molecule has 0 aromatic heterocycles. The molecule has 0 bridgehead atoms. The number of imide groups is 2. The minimum Gasteiger partial charge on any atom is -0.369 e. The molecule has 2 saturated heterocycles. The van der Waals surface area contributed by atoms with Crippen molar-refractivity contribution in [1.29, 1.82) is 0 Å². The second-order valence-corrected chi connectivity index (χ2v) is 11.7. The lowest BCUT2D eigenvalue weighted by atomic mass is 10.1. The van der Waals surface area contributed by atoms with Gasteiger partial charge in [0.2, 0.25) is 53.2 Å². The van der Waals surface area contributed by atoms with Gasteiger partial charge >= 0.3 is 0 Å². The molecular formula is C30H49N9O10. The van der Waals surface area contributed by atoms with Crippen molar-refractivity contribution in [3.63, 3.8) is 0 Å². The topological polar surface area (TPSA) is 254 Å². The molecule has 19 heteroatoms. The first-order valence-corrected chi connectivity index (χ1v) is 16.2. The number of rotatable bonds is 20. The first kappa shape index (κ1) is 40.7. The van der Waals surface area contributed by atoms with Gasteiger partial charge in [0, 0.05) is 51.5 Å². The molecular weight excluding hydrogens is 646 g/mol. The van der Waals surface area contributed by atoms with E-state index in [1.165, 1.54) is 27.8 Å². The minimum atomic E-state index is -1.12. The van der Waals surface area contributed by atoms with Crippen LogP contribution in [-0.4, -0.2) is 140 Å². The zero-order chi connectivity index (χ0) is 36.8. The maximum Gasteiger partial charge on any atom is 0.249 e. The van der Waals surface area contributed by atoms with Crippen LogP contribution in [0.15, 0.2) is 0 Å². The summed E-state index contributed by atoms with van der Waals surface area (Å²) in [6.45, 7) is 6.35. The second kappa shape index (κ2) is 19.5. The Hall–Kier alpha value is -4.49. The van der Waals surface area contributed by atoms with Gasteiger partial charge in [-0.2, -0.15) is 0 Å². The van der Waals surface area contributed by atoms with Crippen molar-refractivity contribution in [3.05, 3.63) is 0 Å². The molecule has 0 spiro atoms. The van der Waals surface area contributed by atoms with Crippen molar-refractivity contribution in [2.24, 2.45) is 0 Å². The number of carbonyl (C=O) groups excluding carboxylic acids is 9. The molecule has 2 fully saturated rings. The SMILES string of the molecule is CCOC(C)C(=O)NC(CC(=O)NCCNC(=O)CCN1C(=O)CC(NC)C1=O)CC(=O)NC(C)NC(=O)C(C)N1C(=O)CC(NC)C1=O. The zero-order valence-electron chi connectivity index (χ0n) is 28.8. The van der Waals surface area contributed by atoms with Crippen molar-refractivity contribution in [2.75, 3.05) is 40.3 Å². The lowest BCUT2D eigenvalue weighted by Crippen LogP contribution is -2.55. The van der Waals surface area contributed by atoms with Gasteiger partial charge in [-0.05, 0) is 41.8 Å². The third-order valence-electron chi connectivity index (χ3n) is 7.95. The number of hydrogen-bond donors (Lipinski definition) is 7. The van der Waals surface area contributed by atoms with Crippen LogP contribution in [-0.2, 0) is 47.9 Å². The van der Waals surface area contributed by atoms with Crippen molar-refractivity contribution in [2.45, 2.75) is 96.2 Å². The van der Waals surface area contributed by atoms with Crippen LogP contribution in [0.25, 0.3) is 0 Å². The summed E-state index contributed by atoms with van der Waals surface area (Å²) in [5.74, 6) is -4.57. The van der Waals surface area contributed by atoms with E-state index in [2.05, 4.69) is 37.2 Å². The molecule has 0 aromatic rings. The number of hydrogen-bond acceptors (Lipinski definition) is 12. The van der Waals surface area contributed by atoms with Crippen LogP contribution in [0.2, 0.25) is 0 Å². The fraction of sp³-hybridized carbons (Fsp3) is 0.700. The Morgan fingerprint density at radius 3 is 1.90 bits per heavy atom. The lowest BCUT2D eigenvalue weighted by molar-refractivity contribution is -0.147. The van der Waals surface area contributed by atoms with Gasteiger partial charge < -0.3 is 42.0 Å². The second-order valence-electron chi connectivity index (χ2n) is 11.7. The zero-order valence-corrected chi connectivity index (χ0v) is 28.8. The van der Waals surface area contributed by atoms with E-state index in [1.807, 2.05) is 0 Å². The highest BCUT2D eigenvalue weighted by molar-refractivity contribution is 6.08. The van der Waals surface area contributed by atoms with Gasteiger partial charge in [-0.25, -0.2) is 0 Å². The maximum atomic E-state index is 12.9. The van der Waals surface area contributed by atoms with Crippen LogP contribution in [0.4, 0.5) is 0 Å². The highest BCUT2D eigenvalue weighted by Gasteiger charge is 2.42. The average molecular weight is 696 g/mol. The smallest absolute Gasteiger partial charge is 0.249 e. The monoisotopic (exact) mass is 695 g/mol. The van der Waals surface area contributed by atoms with Gasteiger partial charge in [0.05, 0.1) is 31.1 Å². The number of nitrogens with one attached hydrogen (secondary N) is 7. The largest absolute Gasteiger partial charge is 0.369 e. The summed E-state index contributed by atoms with van der Waals surface area (Å²) < 4.78 is 5.29. The molecule has 0 aliphatic carbocycles. The average Bonchev–Trinajstić information content (AvgIpc) is 3.48. The summed E-state index contributed by atoms with van der Waals surface area (Å²) in [7, 11) is 3.11. The molecule has 2 aliphatic heterocycles. The van der Waals surface area contributed by atoms with Gasteiger partial charge in [0.25, 0.3) is 0 Å². The van der Waals surface area contributed by atoms with E-state index in [9.17, 15) is 43.2 Å². The number of ether oxygens (including phenoxy) is 1. The predicted molar refractivity (Wildman–Crippen MR) is 172 cm³/mol. The van der Waals surface area contributed by atoms with Gasteiger partial charge in [0.15, 0.2) is 0 Å². The van der Waals surface area contributed by atoms with Crippen LogP contribution in [0, 0.1) is 0 Å². The molecule has 0 radical (unpaired) electrons. The van der Waals surface area contributed by atoms with E-state index in [0.29, 0.717) is 0 Å². The summed E-state index contributed by atoms with van der Waals surface area (Å²) in [4.78, 5) is 114. The summed E-state index contributed by atoms with van der Waals surface area (Å²) >= 11 is 0. The quantitative estimate of drug-likeness (QED) is 0.0365. The maximum absolute atomic E-state index is 12.9. The molecule has 19 nitrogen and oxygen atoms in total. The van der Waals surface area contributed by atoms with Crippen molar-refractivity contribution in [1.82, 2.24) is 47.0 Å². The molecule has 9 amide bonds. The fourth-order valence-corrected chi connectivity index (χ4v) is 5.26. The van der Waals surface area contributed by atoms with Gasteiger partial charge in [-0.15, -0.1) is 0 Å². The third-order valence-corrected chi connectivity index (χ3v) is 7.95. The highest BCUT2D eigenvalue weighted by Crippen LogP contribution is 2.16. The Balaban J connectivity index is 1.85. The Morgan fingerprint density at radius 2 is 1.33 bits per heavy atom. The van der Waals surface area contributed by atoms with E-state index < -0.39 is 77.8 Å². The first-order chi connectivity index (χ1) is 23.1. The summed E-state index contributed by atoms with van der Waals surface area (Å²) in [6.07, 6.45) is -2.58. The molecule has 7 N–H and O–H groups in total. The molecule has 6 atom stereocenters.